The zero-order chi connectivity index (χ0) is 22.8. The van der Waals surface area contributed by atoms with Gasteiger partial charge in [-0.05, 0) is 55.1 Å². The van der Waals surface area contributed by atoms with E-state index in [0.717, 1.165) is 21.7 Å². The highest BCUT2D eigenvalue weighted by Crippen LogP contribution is 2.24. The molecule has 8 nitrogen and oxygen atoms in total. The van der Waals surface area contributed by atoms with Gasteiger partial charge in [-0.2, -0.15) is 0 Å². The molecule has 2 atom stereocenters. The van der Waals surface area contributed by atoms with Crippen molar-refractivity contribution in [1.82, 2.24) is 20.8 Å². The van der Waals surface area contributed by atoms with Crippen LogP contribution >= 0.6 is 0 Å². The molecule has 0 spiro atoms. The van der Waals surface area contributed by atoms with Crippen LogP contribution in [-0.4, -0.2) is 48.7 Å². The second-order valence-electron chi connectivity index (χ2n) is 8.23. The highest BCUT2D eigenvalue weighted by atomic mass is 32.2. The van der Waals surface area contributed by atoms with Crippen LogP contribution in [0.15, 0.2) is 70.5 Å². The average Bonchev–Trinajstić information content (AvgIpc) is 3.25. The van der Waals surface area contributed by atoms with Crippen molar-refractivity contribution in [2.75, 3.05) is 19.0 Å². The van der Waals surface area contributed by atoms with Crippen molar-refractivity contribution in [1.29, 1.82) is 0 Å². The maximum absolute atomic E-state index is 12.7. The lowest BCUT2D eigenvalue weighted by atomic mass is 9.95. The highest BCUT2D eigenvalue weighted by Gasteiger charge is 2.24. The Balaban J connectivity index is 1.30. The summed E-state index contributed by atoms with van der Waals surface area (Å²) in [6.07, 6.45) is 4.96. The van der Waals surface area contributed by atoms with Gasteiger partial charge in [0.15, 0.2) is 15.4 Å². The SMILES string of the molecule is C[C@@H](CNCC(C)(O)c1ccc2oncc2c1)NCS(=O)(=O)c1ccc2cnccc2c1. The highest BCUT2D eigenvalue weighted by molar-refractivity contribution is 7.91. The smallest absolute Gasteiger partial charge is 0.191 e. The first-order valence-electron chi connectivity index (χ1n) is 10.3. The van der Waals surface area contributed by atoms with E-state index in [1.807, 2.05) is 19.1 Å². The van der Waals surface area contributed by atoms with Crippen molar-refractivity contribution < 1.29 is 18.0 Å². The van der Waals surface area contributed by atoms with Crippen LogP contribution in [0.4, 0.5) is 0 Å². The number of nitrogens with one attached hydrogen (secondary N) is 2. The Morgan fingerprint density at radius 3 is 2.78 bits per heavy atom. The van der Waals surface area contributed by atoms with Crippen LogP contribution in [-0.2, 0) is 15.4 Å². The molecule has 0 amide bonds. The summed E-state index contributed by atoms with van der Waals surface area (Å²) in [5.41, 5.74) is 0.312. The van der Waals surface area contributed by atoms with E-state index in [1.54, 1.807) is 55.8 Å². The van der Waals surface area contributed by atoms with Gasteiger partial charge in [-0.1, -0.05) is 17.3 Å². The maximum atomic E-state index is 12.7. The molecule has 4 aromatic rings. The van der Waals surface area contributed by atoms with Gasteiger partial charge < -0.3 is 14.9 Å². The zero-order valence-electron chi connectivity index (χ0n) is 17.9. The summed E-state index contributed by atoms with van der Waals surface area (Å²) >= 11 is 0. The van der Waals surface area contributed by atoms with E-state index >= 15 is 0 Å². The van der Waals surface area contributed by atoms with E-state index in [9.17, 15) is 13.5 Å². The quantitative estimate of drug-likeness (QED) is 0.353. The van der Waals surface area contributed by atoms with E-state index in [-0.39, 0.29) is 16.8 Å². The molecule has 0 aliphatic heterocycles. The van der Waals surface area contributed by atoms with Crippen molar-refractivity contribution >= 4 is 31.6 Å². The van der Waals surface area contributed by atoms with Gasteiger partial charge in [-0.15, -0.1) is 0 Å². The molecule has 1 unspecified atom stereocenters. The summed E-state index contributed by atoms with van der Waals surface area (Å²) in [7, 11) is -3.48. The third-order valence-corrected chi connectivity index (χ3v) is 7.01. The number of nitrogens with zero attached hydrogens (tertiary/aromatic N) is 2. The number of sulfone groups is 1. The van der Waals surface area contributed by atoms with Crippen LogP contribution in [0.5, 0.6) is 0 Å². The van der Waals surface area contributed by atoms with Gasteiger partial charge in [-0.25, -0.2) is 8.42 Å². The number of fused-ring (bicyclic) bond motifs is 2. The largest absolute Gasteiger partial charge is 0.384 e. The van der Waals surface area contributed by atoms with Gasteiger partial charge in [0.2, 0.25) is 0 Å². The van der Waals surface area contributed by atoms with Crippen LogP contribution in [0.3, 0.4) is 0 Å². The number of hydrogen-bond donors (Lipinski definition) is 3. The number of pyridine rings is 1. The van der Waals surface area contributed by atoms with Crippen molar-refractivity contribution in [2.24, 2.45) is 0 Å². The first kappa shape index (κ1) is 22.3. The molecule has 9 heteroatoms. The lowest BCUT2D eigenvalue weighted by molar-refractivity contribution is 0.0568. The predicted octanol–water partition coefficient (Wildman–Crippen LogP) is 2.58. The van der Waals surface area contributed by atoms with Crippen molar-refractivity contribution in [3.63, 3.8) is 0 Å². The van der Waals surface area contributed by atoms with Crippen molar-refractivity contribution in [2.45, 2.75) is 30.4 Å². The second kappa shape index (κ2) is 8.95. The monoisotopic (exact) mass is 454 g/mol. The topological polar surface area (TPSA) is 117 Å². The first-order valence-corrected chi connectivity index (χ1v) is 12.0. The molecule has 0 aliphatic rings. The summed E-state index contributed by atoms with van der Waals surface area (Å²) in [6.45, 7) is 4.42. The molecule has 2 heterocycles. The fraction of sp³-hybridized carbons (Fsp3) is 0.304. The van der Waals surface area contributed by atoms with Crippen molar-refractivity contribution in [3.8, 4) is 0 Å². The maximum Gasteiger partial charge on any atom is 0.191 e. The molecule has 2 aromatic heterocycles. The van der Waals surface area contributed by atoms with Crippen LogP contribution in [0.25, 0.3) is 21.7 Å². The molecule has 4 rings (SSSR count). The minimum atomic E-state index is -3.48. The van der Waals surface area contributed by atoms with Gasteiger partial charge in [-0.3, -0.25) is 10.3 Å². The molecule has 0 fully saturated rings. The van der Waals surface area contributed by atoms with Gasteiger partial charge in [0.1, 0.15) is 5.88 Å². The Labute approximate surface area is 186 Å². The van der Waals surface area contributed by atoms with Crippen LogP contribution in [0.1, 0.15) is 19.4 Å². The Kier molecular flexibility index (Phi) is 6.25. The van der Waals surface area contributed by atoms with E-state index in [2.05, 4.69) is 20.8 Å². The predicted molar refractivity (Wildman–Crippen MR) is 123 cm³/mol. The van der Waals surface area contributed by atoms with E-state index in [4.69, 9.17) is 4.52 Å². The Morgan fingerprint density at radius 2 is 1.94 bits per heavy atom. The molecule has 3 N–H and O–H groups in total. The fourth-order valence-corrected chi connectivity index (χ4v) is 4.76. The number of rotatable bonds is 9. The third kappa shape index (κ3) is 4.97. The Bertz CT molecular complexity index is 1330. The molecule has 168 valence electrons. The summed E-state index contributed by atoms with van der Waals surface area (Å²) in [6, 6.07) is 12.1. The average molecular weight is 455 g/mol. The van der Waals surface area contributed by atoms with Crippen LogP contribution < -0.4 is 10.6 Å². The molecule has 2 aromatic carbocycles. The fourth-order valence-electron chi connectivity index (χ4n) is 3.50. The minimum Gasteiger partial charge on any atom is -0.384 e. The minimum absolute atomic E-state index is 0.120. The summed E-state index contributed by atoms with van der Waals surface area (Å²) < 4.78 is 30.6. The zero-order valence-corrected chi connectivity index (χ0v) is 18.8. The molecule has 0 aliphatic carbocycles. The lowest BCUT2D eigenvalue weighted by Crippen LogP contribution is -2.43. The van der Waals surface area contributed by atoms with Gasteiger partial charge in [0, 0.05) is 42.3 Å². The van der Waals surface area contributed by atoms with Gasteiger partial charge in [0.05, 0.1) is 16.7 Å². The van der Waals surface area contributed by atoms with Crippen LogP contribution in [0.2, 0.25) is 0 Å². The first-order chi connectivity index (χ1) is 15.2. The summed E-state index contributed by atoms with van der Waals surface area (Å²) in [5, 5.41) is 23.4. The second-order valence-corrected chi connectivity index (χ2v) is 10.2. The van der Waals surface area contributed by atoms with E-state index in [0.29, 0.717) is 18.7 Å². The number of aliphatic hydroxyl groups is 1. The number of hydrogen-bond acceptors (Lipinski definition) is 8. The molecular weight excluding hydrogens is 428 g/mol. The molecular formula is C23H26N4O4S. The Morgan fingerprint density at radius 1 is 1.09 bits per heavy atom. The number of aromatic nitrogens is 2. The van der Waals surface area contributed by atoms with Crippen molar-refractivity contribution in [3.05, 3.63) is 66.6 Å². The third-order valence-electron chi connectivity index (χ3n) is 5.49. The van der Waals surface area contributed by atoms with E-state index < -0.39 is 15.4 Å². The lowest BCUT2D eigenvalue weighted by Gasteiger charge is -2.25. The van der Waals surface area contributed by atoms with E-state index in [1.165, 1.54) is 0 Å². The Hall–Kier alpha value is -2.85. The molecule has 0 bridgehead atoms. The standard InChI is InChI=1S/C23H26N4O4S/c1-16(11-25-14-23(2,28)20-4-6-22-19(9-20)13-27-31-22)26-15-32(29,30)21-5-3-18-12-24-8-7-17(18)10-21/h3-10,12-13,16,25-26,28H,11,14-15H2,1-2H3/t16-,23?/m0/s1. The molecule has 0 radical (unpaired) electrons. The molecule has 32 heavy (non-hydrogen) atoms. The van der Waals surface area contributed by atoms with Crippen LogP contribution in [0, 0.1) is 0 Å². The number of benzene rings is 2. The summed E-state index contributed by atoms with van der Waals surface area (Å²) in [4.78, 5) is 4.32. The molecule has 0 saturated carbocycles. The summed E-state index contributed by atoms with van der Waals surface area (Å²) in [5.74, 6) is -0.174. The molecule has 0 saturated heterocycles. The normalized spacial score (nSPS) is 15.1. The van der Waals surface area contributed by atoms with Gasteiger partial charge in [0.25, 0.3) is 0 Å². The van der Waals surface area contributed by atoms with Gasteiger partial charge >= 0.3 is 0 Å².